The number of nitrogens with one attached hydrogen (secondary N) is 1. The molecule has 1 aromatic carbocycles. The fourth-order valence-electron chi connectivity index (χ4n) is 2.05. The molecule has 1 heterocycles. The van der Waals surface area contributed by atoms with Gasteiger partial charge >= 0.3 is 12.3 Å². The van der Waals surface area contributed by atoms with Crippen LogP contribution in [0.5, 0.6) is 5.75 Å². The van der Waals surface area contributed by atoms with Gasteiger partial charge in [0.1, 0.15) is 10.6 Å². The highest BCUT2D eigenvalue weighted by molar-refractivity contribution is 7.90. The van der Waals surface area contributed by atoms with Crippen LogP contribution in [-0.2, 0) is 16.4 Å². The van der Waals surface area contributed by atoms with Crippen LogP contribution >= 0.6 is 12.6 Å². The number of carbonyl (C=O) groups is 1. The second-order valence-corrected chi connectivity index (χ2v) is 6.96. The SMILES string of the molecule is CCc1c(S)ccc(OC(F)(F)F)c1S(=O)(=O)NC(=O)c1noc(C)n1. The van der Waals surface area contributed by atoms with Crippen molar-refractivity contribution in [1.82, 2.24) is 14.9 Å². The average molecular weight is 411 g/mol. The van der Waals surface area contributed by atoms with Gasteiger partial charge in [-0.15, -0.1) is 25.8 Å². The molecule has 142 valence electrons. The van der Waals surface area contributed by atoms with Crippen LogP contribution in [-0.4, -0.2) is 30.8 Å². The van der Waals surface area contributed by atoms with Crippen molar-refractivity contribution in [2.45, 2.75) is 36.4 Å². The third-order valence-electron chi connectivity index (χ3n) is 3.01. The molecule has 1 amide bonds. The Bertz CT molecular complexity index is 941. The Labute approximate surface area is 151 Å². The lowest BCUT2D eigenvalue weighted by Crippen LogP contribution is -2.33. The average Bonchev–Trinajstić information content (AvgIpc) is 2.93. The first-order valence-electron chi connectivity index (χ1n) is 6.92. The molecule has 0 spiro atoms. The van der Waals surface area contributed by atoms with Crippen LogP contribution < -0.4 is 9.46 Å². The Morgan fingerprint density at radius 3 is 2.54 bits per heavy atom. The molecule has 2 aromatic rings. The number of carbonyl (C=O) groups excluding carboxylic acids is 1. The van der Waals surface area contributed by atoms with Crippen LogP contribution in [0.3, 0.4) is 0 Å². The van der Waals surface area contributed by atoms with E-state index in [1.807, 2.05) is 0 Å². The van der Waals surface area contributed by atoms with Gasteiger partial charge in [-0.3, -0.25) is 4.79 Å². The third-order valence-corrected chi connectivity index (χ3v) is 4.86. The van der Waals surface area contributed by atoms with Crippen molar-refractivity contribution in [3.8, 4) is 5.75 Å². The summed E-state index contributed by atoms with van der Waals surface area (Å²) in [5.74, 6) is -2.85. The van der Waals surface area contributed by atoms with Crippen molar-refractivity contribution in [3.05, 3.63) is 29.4 Å². The molecular formula is C13H12F3N3O5S2. The number of rotatable bonds is 5. The summed E-state index contributed by atoms with van der Waals surface area (Å²) in [5.41, 5.74) is -0.0559. The van der Waals surface area contributed by atoms with Crippen molar-refractivity contribution in [3.63, 3.8) is 0 Å². The molecule has 0 saturated carbocycles. The monoisotopic (exact) mass is 411 g/mol. The van der Waals surface area contributed by atoms with Gasteiger partial charge in [0.15, 0.2) is 0 Å². The highest BCUT2D eigenvalue weighted by atomic mass is 32.2. The van der Waals surface area contributed by atoms with E-state index < -0.39 is 38.8 Å². The van der Waals surface area contributed by atoms with E-state index >= 15 is 0 Å². The number of hydrogen-bond acceptors (Lipinski definition) is 8. The number of aromatic nitrogens is 2. The van der Waals surface area contributed by atoms with E-state index in [2.05, 4.69) is 32.0 Å². The first-order valence-corrected chi connectivity index (χ1v) is 8.85. The molecule has 0 bridgehead atoms. The molecule has 1 aromatic heterocycles. The molecule has 8 nitrogen and oxygen atoms in total. The van der Waals surface area contributed by atoms with Crippen molar-refractivity contribution >= 4 is 28.6 Å². The Morgan fingerprint density at radius 1 is 1.38 bits per heavy atom. The molecular weight excluding hydrogens is 399 g/mol. The molecule has 0 aliphatic carbocycles. The minimum atomic E-state index is -5.14. The van der Waals surface area contributed by atoms with Gasteiger partial charge in [-0.05, 0) is 24.1 Å². The van der Waals surface area contributed by atoms with Crippen LogP contribution in [0.1, 0.15) is 29.0 Å². The van der Waals surface area contributed by atoms with E-state index in [1.165, 1.54) is 13.8 Å². The number of alkyl halides is 3. The first kappa shape index (κ1) is 20.0. The zero-order chi connectivity index (χ0) is 19.7. The predicted molar refractivity (Wildman–Crippen MR) is 83.4 cm³/mol. The standard InChI is InChI=1S/C13H12F3N3O5S2/c1-3-7-9(25)5-4-8(23-13(14,15)16)10(7)26(21,22)19-12(20)11-17-6(2)24-18-11/h4-5,25H,3H2,1-2H3,(H,19,20). The van der Waals surface area contributed by atoms with E-state index in [0.717, 1.165) is 12.1 Å². The third kappa shape index (κ3) is 4.46. The maximum absolute atomic E-state index is 12.6. The number of hydrogen-bond donors (Lipinski definition) is 2. The largest absolute Gasteiger partial charge is 0.573 e. The van der Waals surface area contributed by atoms with E-state index in [1.54, 1.807) is 4.72 Å². The van der Waals surface area contributed by atoms with Gasteiger partial charge in [0.25, 0.3) is 15.8 Å². The summed E-state index contributed by atoms with van der Waals surface area (Å²) >= 11 is 4.05. The normalized spacial score (nSPS) is 12.1. The number of thiol groups is 1. The quantitative estimate of drug-likeness (QED) is 0.726. The first-order chi connectivity index (χ1) is 11.9. The maximum atomic E-state index is 12.6. The predicted octanol–water partition coefficient (Wildman–Crippen LogP) is 2.25. The molecule has 0 aliphatic rings. The number of halogens is 3. The van der Waals surface area contributed by atoms with Gasteiger partial charge in [0, 0.05) is 11.8 Å². The summed E-state index contributed by atoms with van der Waals surface area (Å²) in [4.78, 5) is 14.8. The van der Waals surface area contributed by atoms with Gasteiger partial charge in [-0.1, -0.05) is 12.1 Å². The van der Waals surface area contributed by atoms with Gasteiger partial charge in [-0.2, -0.15) is 4.98 Å². The zero-order valence-electron chi connectivity index (χ0n) is 13.3. The second-order valence-electron chi connectivity index (χ2n) is 4.86. The number of benzene rings is 1. The Balaban J connectivity index is 2.52. The number of nitrogens with zero attached hydrogens (tertiary/aromatic N) is 2. The highest BCUT2D eigenvalue weighted by Gasteiger charge is 2.36. The smallest absolute Gasteiger partial charge is 0.404 e. The molecule has 0 fully saturated rings. The van der Waals surface area contributed by atoms with Crippen LogP contribution in [0.25, 0.3) is 0 Å². The van der Waals surface area contributed by atoms with Gasteiger partial charge in [0.05, 0.1) is 0 Å². The zero-order valence-corrected chi connectivity index (χ0v) is 15.0. The van der Waals surface area contributed by atoms with E-state index in [-0.39, 0.29) is 22.8 Å². The van der Waals surface area contributed by atoms with Crippen molar-refractivity contribution in [2.24, 2.45) is 0 Å². The Kier molecular flexibility index (Phi) is 5.51. The number of aryl methyl sites for hydroxylation is 1. The fourth-order valence-corrected chi connectivity index (χ4v) is 3.86. The van der Waals surface area contributed by atoms with Gasteiger partial charge in [-0.25, -0.2) is 13.1 Å². The topological polar surface area (TPSA) is 111 Å². The maximum Gasteiger partial charge on any atom is 0.573 e. The summed E-state index contributed by atoms with van der Waals surface area (Å²) in [7, 11) is -4.76. The van der Waals surface area contributed by atoms with Gasteiger partial charge < -0.3 is 9.26 Å². The minimum Gasteiger partial charge on any atom is -0.404 e. The van der Waals surface area contributed by atoms with E-state index in [9.17, 15) is 26.4 Å². The van der Waals surface area contributed by atoms with Crippen molar-refractivity contribution in [1.29, 1.82) is 0 Å². The minimum absolute atomic E-state index is 0.000226. The molecule has 26 heavy (non-hydrogen) atoms. The Hall–Kier alpha value is -2.28. The number of amides is 1. The molecule has 0 atom stereocenters. The highest BCUT2D eigenvalue weighted by Crippen LogP contribution is 2.35. The molecule has 0 saturated heterocycles. The Morgan fingerprint density at radius 2 is 2.04 bits per heavy atom. The summed E-state index contributed by atoms with van der Waals surface area (Å²) < 4.78 is 72.9. The lowest BCUT2D eigenvalue weighted by atomic mass is 10.1. The van der Waals surface area contributed by atoms with Crippen molar-refractivity contribution < 1.29 is 35.6 Å². The van der Waals surface area contributed by atoms with Crippen LogP contribution in [0.4, 0.5) is 13.2 Å². The number of ether oxygens (including phenoxy) is 1. The molecule has 0 unspecified atom stereocenters. The summed E-state index contributed by atoms with van der Waals surface area (Å²) in [6, 6.07) is 1.96. The lowest BCUT2D eigenvalue weighted by Gasteiger charge is -2.17. The van der Waals surface area contributed by atoms with E-state index in [4.69, 9.17) is 0 Å². The second kappa shape index (κ2) is 7.15. The number of sulfonamides is 1. The van der Waals surface area contributed by atoms with E-state index in [0.29, 0.717) is 0 Å². The summed E-state index contributed by atoms with van der Waals surface area (Å²) in [5, 5.41) is 3.25. The molecule has 1 N–H and O–H groups in total. The summed E-state index contributed by atoms with van der Waals surface area (Å²) in [6.45, 7) is 2.88. The molecule has 0 radical (unpaired) electrons. The molecule has 13 heteroatoms. The fraction of sp³-hybridized carbons (Fsp3) is 0.308. The van der Waals surface area contributed by atoms with Crippen LogP contribution in [0.2, 0.25) is 0 Å². The molecule has 2 rings (SSSR count). The lowest BCUT2D eigenvalue weighted by molar-refractivity contribution is -0.275. The van der Waals surface area contributed by atoms with Crippen LogP contribution in [0, 0.1) is 6.92 Å². The molecule has 0 aliphatic heterocycles. The summed E-state index contributed by atoms with van der Waals surface area (Å²) in [6.07, 6.45) is -5.12. The van der Waals surface area contributed by atoms with Crippen LogP contribution in [0.15, 0.2) is 26.4 Å². The van der Waals surface area contributed by atoms with Gasteiger partial charge in [0.2, 0.25) is 5.89 Å². The van der Waals surface area contributed by atoms with Crippen molar-refractivity contribution in [2.75, 3.05) is 0 Å².